The molecule has 2 rings (SSSR count). The smallest absolute Gasteiger partial charge is 0.326 e. The average molecular weight is 333 g/mol. The van der Waals surface area contributed by atoms with Gasteiger partial charge in [-0.2, -0.15) is 0 Å². The molecule has 0 aliphatic heterocycles. The number of aliphatic carboxylic acids is 1. The van der Waals surface area contributed by atoms with E-state index in [4.69, 9.17) is 0 Å². The van der Waals surface area contributed by atoms with E-state index in [1.807, 2.05) is 25.1 Å². The fraction of sp³-hybridized carbons (Fsp3) is 0.222. The highest BCUT2D eigenvalue weighted by Gasteiger charge is 2.20. The van der Waals surface area contributed by atoms with Gasteiger partial charge >= 0.3 is 5.97 Å². The molecule has 0 saturated heterocycles. The lowest BCUT2D eigenvalue weighted by Gasteiger charge is -2.15. The highest BCUT2D eigenvalue weighted by Crippen LogP contribution is 2.10. The molecule has 0 fully saturated rings. The third-order valence-corrected chi connectivity index (χ3v) is 3.50. The summed E-state index contributed by atoms with van der Waals surface area (Å²) in [4.78, 5) is 23.3. The molecule has 0 aliphatic carbocycles. The third-order valence-electron chi connectivity index (χ3n) is 3.50. The predicted octanol–water partition coefficient (Wildman–Crippen LogP) is 2.63. The van der Waals surface area contributed by atoms with Gasteiger partial charge < -0.3 is 10.4 Å². The van der Waals surface area contributed by atoms with Crippen LogP contribution in [0.2, 0.25) is 0 Å². The van der Waals surface area contributed by atoms with Crippen LogP contribution in [0.4, 0.5) is 8.78 Å². The van der Waals surface area contributed by atoms with Crippen LogP contribution in [-0.4, -0.2) is 23.0 Å². The second kappa shape index (κ2) is 7.68. The Labute approximate surface area is 138 Å². The number of hydrogen-bond donors (Lipinski definition) is 2. The number of carbonyl (C=O) groups is 2. The number of hydrogen-bond acceptors (Lipinski definition) is 2. The molecule has 4 nitrogen and oxygen atoms in total. The number of benzene rings is 2. The van der Waals surface area contributed by atoms with Crippen LogP contribution in [0.5, 0.6) is 0 Å². The summed E-state index contributed by atoms with van der Waals surface area (Å²) in [5.74, 6) is -3.77. The van der Waals surface area contributed by atoms with Crippen molar-refractivity contribution in [2.24, 2.45) is 0 Å². The van der Waals surface area contributed by atoms with Crippen LogP contribution in [-0.2, 0) is 22.4 Å². The Bertz CT molecular complexity index is 762. The number of amides is 1. The second-order valence-electron chi connectivity index (χ2n) is 5.58. The molecule has 0 aromatic heterocycles. The molecular weight excluding hydrogens is 316 g/mol. The van der Waals surface area contributed by atoms with Gasteiger partial charge in [0, 0.05) is 6.42 Å². The summed E-state index contributed by atoms with van der Waals surface area (Å²) in [7, 11) is 0. The van der Waals surface area contributed by atoms with Crippen molar-refractivity contribution in [3.8, 4) is 0 Å². The number of carboxylic acid groups (broad SMARTS) is 1. The van der Waals surface area contributed by atoms with Crippen LogP contribution in [0.15, 0.2) is 42.5 Å². The van der Waals surface area contributed by atoms with E-state index in [1.165, 1.54) is 6.07 Å². The summed E-state index contributed by atoms with van der Waals surface area (Å²) in [6.45, 7) is 1.89. The third kappa shape index (κ3) is 4.87. The lowest BCUT2D eigenvalue weighted by atomic mass is 10.0. The summed E-state index contributed by atoms with van der Waals surface area (Å²) >= 11 is 0. The Hall–Kier alpha value is -2.76. The topological polar surface area (TPSA) is 66.4 Å². The monoisotopic (exact) mass is 333 g/mol. The van der Waals surface area contributed by atoms with E-state index in [-0.39, 0.29) is 18.4 Å². The van der Waals surface area contributed by atoms with Gasteiger partial charge in [-0.1, -0.05) is 35.9 Å². The molecule has 126 valence electrons. The van der Waals surface area contributed by atoms with Crippen molar-refractivity contribution in [3.05, 3.63) is 70.8 Å². The van der Waals surface area contributed by atoms with Gasteiger partial charge in [0.25, 0.3) is 0 Å². The number of halogens is 2. The molecule has 1 atom stereocenters. The van der Waals surface area contributed by atoms with Gasteiger partial charge in [0.1, 0.15) is 6.04 Å². The lowest BCUT2D eigenvalue weighted by molar-refractivity contribution is -0.141. The zero-order valence-corrected chi connectivity index (χ0v) is 13.1. The minimum Gasteiger partial charge on any atom is -0.480 e. The van der Waals surface area contributed by atoms with Crippen molar-refractivity contribution >= 4 is 11.9 Å². The van der Waals surface area contributed by atoms with Gasteiger partial charge in [-0.25, -0.2) is 13.6 Å². The largest absolute Gasteiger partial charge is 0.480 e. The molecule has 0 spiro atoms. The summed E-state index contributed by atoms with van der Waals surface area (Å²) in [6.07, 6.45) is -0.0880. The normalized spacial score (nSPS) is 11.8. The van der Waals surface area contributed by atoms with Crippen molar-refractivity contribution in [1.29, 1.82) is 0 Å². The van der Waals surface area contributed by atoms with E-state index in [0.717, 1.165) is 23.3 Å². The molecule has 0 saturated carbocycles. The zero-order chi connectivity index (χ0) is 17.7. The number of rotatable bonds is 6. The number of carbonyl (C=O) groups excluding carboxylic acids is 1. The maximum Gasteiger partial charge on any atom is 0.326 e. The highest BCUT2D eigenvalue weighted by molar-refractivity contribution is 5.85. The number of aryl methyl sites for hydroxylation is 1. The van der Waals surface area contributed by atoms with E-state index in [2.05, 4.69) is 5.32 Å². The van der Waals surface area contributed by atoms with Crippen molar-refractivity contribution in [2.75, 3.05) is 0 Å². The zero-order valence-electron chi connectivity index (χ0n) is 13.1. The van der Waals surface area contributed by atoms with Crippen molar-refractivity contribution < 1.29 is 23.5 Å². The van der Waals surface area contributed by atoms with E-state index in [9.17, 15) is 23.5 Å². The van der Waals surface area contributed by atoms with E-state index < -0.39 is 29.6 Å². The minimum atomic E-state index is -1.16. The second-order valence-corrected chi connectivity index (χ2v) is 5.58. The van der Waals surface area contributed by atoms with E-state index in [1.54, 1.807) is 6.07 Å². The summed E-state index contributed by atoms with van der Waals surface area (Å²) in [5.41, 5.74) is 2.05. The van der Waals surface area contributed by atoms with Gasteiger partial charge in [-0.3, -0.25) is 4.79 Å². The van der Waals surface area contributed by atoms with Gasteiger partial charge in [-0.05, 0) is 30.2 Å². The maximum absolute atomic E-state index is 13.1. The van der Waals surface area contributed by atoms with Crippen molar-refractivity contribution in [3.63, 3.8) is 0 Å². The molecule has 2 N–H and O–H groups in total. The predicted molar refractivity (Wildman–Crippen MR) is 84.5 cm³/mol. The molecule has 2 aromatic carbocycles. The molecule has 6 heteroatoms. The molecule has 0 unspecified atom stereocenters. The fourth-order valence-electron chi connectivity index (χ4n) is 2.36. The standard InChI is InChI=1S/C18H17F2NO3/c1-11-3-2-4-12(7-11)9-16(18(23)24)21-17(22)10-13-5-6-14(19)15(20)8-13/h2-8,16H,9-10H2,1H3,(H,21,22)(H,23,24)/t16-/m0/s1. The average Bonchev–Trinajstić information content (AvgIpc) is 2.50. The summed E-state index contributed by atoms with van der Waals surface area (Å²) in [5, 5.41) is 11.7. The van der Waals surface area contributed by atoms with Gasteiger partial charge in [0.05, 0.1) is 6.42 Å². The first kappa shape index (κ1) is 17.6. The van der Waals surface area contributed by atoms with Crippen LogP contribution in [0.3, 0.4) is 0 Å². The van der Waals surface area contributed by atoms with Gasteiger partial charge in [0.2, 0.25) is 5.91 Å². The Kier molecular flexibility index (Phi) is 5.63. The highest BCUT2D eigenvalue weighted by atomic mass is 19.2. The Morgan fingerprint density at radius 3 is 2.46 bits per heavy atom. The Balaban J connectivity index is 2.02. The van der Waals surface area contributed by atoms with Crippen LogP contribution in [0.25, 0.3) is 0 Å². The van der Waals surface area contributed by atoms with Gasteiger partial charge in [0.15, 0.2) is 11.6 Å². The molecule has 0 aliphatic rings. The number of nitrogens with one attached hydrogen (secondary N) is 1. The summed E-state index contributed by atoms with van der Waals surface area (Å²) in [6, 6.07) is 9.37. The number of carboxylic acids is 1. The van der Waals surface area contributed by atoms with Crippen LogP contribution in [0.1, 0.15) is 16.7 Å². The molecule has 0 bridgehead atoms. The van der Waals surface area contributed by atoms with E-state index >= 15 is 0 Å². The SMILES string of the molecule is Cc1cccc(C[C@H](NC(=O)Cc2ccc(F)c(F)c2)C(=O)O)c1. The lowest BCUT2D eigenvalue weighted by Crippen LogP contribution is -2.43. The first-order valence-electron chi connectivity index (χ1n) is 7.37. The quantitative estimate of drug-likeness (QED) is 0.854. The molecule has 24 heavy (non-hydrogen) atoms. The summed E-state index contributed by atoms with van der Waals surface area (Å²) < 4.78 is 26.0. The molecule has 2 aromatic rings. The maximum atomic E-state index is 13.1. The van der Waals surface area contributed by atoms with Crippen LogP contribution >= 0.6 is 0 Å². The van der Waals surface area contributed by atoms with Crippen molar-refractivity contribution in [2.45, 2.75) is 25.8 Å². The minimum absolute atomic E-state index is 0.139. The first-order chi connectivity index (χ1) is 11.3. The molecular formula is C18H17F2NO3. The van der Waals surface area contributed by atoms with Crippen LogP contribution < -0.4 is 5.32 Å². The Morgan fingerprint density at radius 2 is 1.83 bits per heavy atom. The van der Waals surface area contributed by atoms with Crippen LogP contribution in [0, 0.1) is 18.6 Å². The fourth-order valence-corrected chi connectivity index (χ4v) is 2.36. The molecule has 0 radical (unpaired) electrons. The van der Waals surface area contributed by atoms with Crippen molar-refractivity contribution in [1.82, 2.24) is 5.32 Å². The first-order valence-corrected chi connectivity index (χ1v) is 7.37. The Morgan fingerprint density at radius 1 is 1.08 bits per heavy atom. The molecule has 0 heterocycles. The van der Waals surface area contributed by atoms with E-state index in [0.29, 0.717) is 0 Å². The molecule has 1 amide bonds. The van der Waals surface area contributed by atoms with Gasteiger partial charge in [-0.15, -0.1) is 0 Å².